The molecule has 0 amide bonds. The second-order valence-electron chi connectivity index (χ2n) is 10.0. The number of hydrogen-bond acceptors (Lipinski definition) is 10. The average Bonchev–Trinajstić information content (AvgIpc) is 3.45. The molecule has 3 aromatic heterocycles. The molecular formula is C32H52N10O. The van der Waals surface area contributed by atoms with Crippen LogP contribution in [0, 0.1) is 11.8 Å². The second-order valence-corrected chi connectivity index (χ2v) is 10.0. The van der Waals surface area contributed by atoms with Crippen LogP contribution < -0.4 is 10.2 Å². The first-order valence-electron chi connectivity index (χ1n) is 15.6. The van der Waals surface area contributed by atoms with E-state index in [0.29, 0.717) is 36.9 Å². The zero-order chi connectivity index (χ0) is 30.3. The Morgan fingerprint density at radius 3 is 2.49 bits per heavy atom. The fourth-order valence-corrected chi connectivity index (χ4v) is 4.76. The normalized spacial score (nSPS) is 17.7. The van der Waals surface area contributed by atoms with Gasteiger partial charge in [-0.3, -0.25) is 4.99 Å². The highest BCUT2D eigenvalue weighted by molar-refractivity contribution is 5.73. The lowest BCUT2D eigenvalue weighted by molar-refractivity contribution is 0.0272. The van der Waals surface area contributed by atoms with Gasteiger partial charge in [0.15, 0.2) is 5.65 Å². The molecule has 2 atom stereocenters. The lowest BCUT2D eigenvalue weighted by atomic mass is 9.92. The third-order valence-electron chi connectivity index (χ3n) is 6.80. The Kier molecular flexibility index (Phi) is 15.7. The summed E-state index contributed by atoms with van der Waals surface area (Å²) in [6.07, 6.45) is 10.5. The number of aliphatic imine (C=N–C) groups is 1. The SMILES string of the molecule is C.CC.CC.CCC#CC(C=NC(C)C)c1cnc2nnn(C[C@@H]3CN(c4ncc(C5CCNCC5)cn4)CCO3)c2n1. The monoisotopic (exact) mass is 592 g/mol. The van der Waals surface area contributed by atoms with Crippen LogP contribution in [0.2, 0.25) is 0 Å². The van der Waals surface area contributed by atoms with Crippen LogP contribution in [-0.2, 0) is 11.3 Å². The number of ether oxygens (including phenoxy) is 1. The summed E-state index contributed by atoms with van der Waals surface area (Å²) in [6, 6.07) is 0.181. The molecule has 5 rings (SSSR count). The highest BCUT2D eigenvalue weighted by Gasteiger charge is 2.25. The van der Waals surface area contributed by atoms with Gasteiger partial charge in [0.25, 0.3) is 0 Å². The predicted molar refractivity (Wildman–Crippen MR) is 176 cm³/mol. The van der Waals surface area contributed by atoms with E-state index in [0.717, 1.165) is 50.5 Å². The first-order chi connectivity index (χ1) is 20.6. The van der Waals surface area contributed by atoms with Crippen molar-refractivity contribution in [2.24, 2.45) is 4.99 Å². The quantitative estimate of drug-likeness (QED) is 0.297. The van der Waals surface area contributed by atoms with Crippen molar-refractivity contribution in [3.05, 3.63) is 29.8 Å². The van der Waals surface area contributed by atoms with E-state index in [2.05, 4.69) is 42.3 Å². The van der Waals surface area contributed by atoms with Crippen molar-refractivity contribution in [2.75, 3.05) is 37.7 Å². The molecular weight excluding hydrogens is 540 g/mol. The number of hydrogen-bond donors (Lipinski definition) is 1. The molecule has 5 heterocycles. The van der Waals surface area contributed by atoms with Crippen molar-refractivity contribution in [1.29, 1.82) is 0 Å². The average molecular weight is 593 g/mol. The smallest absolute Gasteiger partial charge is 0.225 e. The lowest BCUT2D eigenvalue weighted by Gasteiger charge is -2.33. The first kappa shape index (κ1) is 35.7. The fourth-order valence-electron chi connectivity index (χ4n) is 4.76. The van der Waals surface area contributed by atoms with Crippen LogP contribution in [0.4, 0.5) is 5.95 Å². The van der Waals surface area contributed by atoms with Crippen molar-refractivity contribution >= 4 is 23.5 Å². The number of rotatable bonds is 7. The molecule has 11 heteroatoms. The summed E-state index contributed by atoms with van der Waals surface area (Å²) in [7, 11) is 0. The molecule has 236 valence electrons. The van der Waals surface area contributed by atoms with Crippen LogP contribution >= 0.6 is 0 Å². The van der Waals surface area contributed by atoms with Gasteiger partial charge in [0.2, 0.25) is 11.6 Å². The van der Waals surface area contributed by atoms with E-state index in [-0.39, 0.29) is 25.5 Å². The minimum Gasteiger partial charge on any atom is -0.373 e. The van der Waals surface area contributed by atoms with Crippen molar-refractivity contribution in [1.82, 2.24) is 40.2 Å². The summed E-state index contributed by atoms with van der Waals surface area (Å²) >= 11 is 0. The van der Waals surface area contributed by atoms with Gasteiger partial charge < -0.3 is 15.0 Å². The minimum atomic E-state index is -0.232. The van der Waals surface area contributed by atoms with Crippen molar-refractivity contribution in [2.45, 2.75) is 106 Å². The highest BCUT2D eigenvalue weighted by atomic mass is 16.5. The molecule has 11 nitrogen and oxygen atoms in total. The first-order valence-corrected chi connectivity index (χ1v) is 15.6. The third-order valence-corrected chi connectivity index (χ3v) is 6.80. The summed E-state index contributed by atoms with van der Waals surface area (Å²) in [4.78, 5) is 25.5. The Hall–Kier alpha value is -3.49. The van der Waals surface area contributed by atoms with Crippen molar-refractivity contribution in [3.8, 4) is 11.8 Å². The van der Waals surface area contributed by atoms with Gasteiger partial charge in [-0.05, 0) is 51.3 Å². The zero-order valence-electron chi connectivity index (χ0n) is 26.4. The van der Waals surface area contributed by atoms with Crippen LogP contribution in [0.25, 0.3) is 11.3 Å². The summed E-state index contributed by atoms with van der Waals surface area (Å²) in [6.45, 7) is 18.7. The van der Waals surface area contributed by atoms with Crippen LogP contribution in [0.1, 0.15) is 98.2 Å². The summed E-state index contributed by atoms with van der Waals surface area (Å²) in [5.41, 5.74) is 3.08. The topological polar surface area (TPSA) is 119 Å². The number of nitrogens with zero attached hydrogens (tertiary/aromatic N) is 9. The van der Waals surface area contributed by atoms with Crippen LogP contribution in [0.5, 0.6) is 0 Å². The highest BCUT2D eigenvalue weighted by Crippen LogP contribution is 2.25. The van der Waals surface area contributed by atoms with Crippen LogP contribution in [0.15, 0.2) is 23.6 Å². The Bertz CT molecular complexity index is 1290. The molecule has 0 aliphatic carbocycles. The Morgan fingerprint density at radius 2 is 1.81 bits per heavy atom. The molecule has 0 saturated carbocycles. The second kappa shape index (κ2) is 18.9. The van der Waals surface area contributed by atoms with E-state index < -0.39 is 0 Å². The van der Waals surface area contributed by atoms with E-state index in [1.54, 1.807) is 10.9 Å². The molecule has 43 heavy (non-hydrogen) atoms. The van der Waals surface area contributed by atoms with Gasteiger partial charge in [-0.25, -0.2) is 24.6 Å². The van der Waals surface area contributed by atoms with Crippen LogP contribution in [-0.4, -0.2) is 86.1 Å². The molecule has 2 aliphatic heterocycles. The maximum Gasteiger partial charge on any atom is 0.225 e. The fraction of sp³-hybridized carbons (Fsp3) is 0.656. The molecule has 0 radical (unpaired) electrons. The lowest BCUT2D eigenvalue weighted by Crippen LogP contribution is -2.45. The van der Waals surface area contributed by atoms with Gasteiger partial charge in [-0.15, -0.1) is 11.0 Å². The predicted octanol–water partition coefficient (Wildman–Crippen LogP) is 5.05. The number of anilines is 1. The number of morpholine rings is 1. The Balaban J connectivity index is 0.00000124. The van der Waals surface area contributed by atoms with Crippen LogP contribution in [0.3, 0.4) is 0 Å². The molecule has 2 aliphatic rings. The maximum absolute atomic E-state index is 6.08. The standard InChI is InChI=1S/C27H36N10O.2C2H6.CH4/c1-4-5-6-21(13-29-19(2)3)24-16-30-25-26(33-24)37(35-34-25)18-23-17-36(11-12-38-23)27-31-14-22(15-32-27)20-7-9-28-10-8-20;2*1-2;/h13-16,19-21,23,28H,4,7-12,17-18H2,1-3H3;2*1-2H3;1H4/t21?,23-;;;/m0.../s1. The number of nitrogens with one attached hydrogen (secondary N) is 1. The summed E-state index contributed by atoms with van der Waals surface area (Å²) in [5.74, 6) is 7.44. The third kappa shape index (κ3) is 10.0. The van der Waals surface area contributed by atoms with Gasteiger partial charge in [-0.1, -0.05) is 53.2 Å². The largest absolute Gasteiger partial charge is 0.373 e. The minimum absolute atomic E-state index is 0. The molecule has 1 N–H and O–H groups in total. The molecule has 0 aromatic carbocycles. The Morgan fingerprint density at radius 1 is 1.09 bits per heavy atom. The molecule has 0 spiro atoms. The van der Waals surface area contributed by atoms with Gasteiger partial charge in [0.05, 0.1) is 37.1 Å². The number of aromatic nitrogens is 7. The van der Waals surface area contributed by atoms with Gasteiger partial charge in [-0.2, -0.15) is 0 Å². The van der Waals surface area contributed by atoms with Gasteiger partial charge in [0.1, 0.15) is 0 Å². The van der Waals surface area contributed by atoms with E-state index in [1.165, 1.54) is 5.56 Å². The van der Waals surface area contributed by atoms with Gasteiger partial charge in [0, 0.05) is 44.2 Å². The number of piperidine rings is 1. The van der Waals surface area contributed by atoms with Crippen molar-refractivity contribution in [3.63, 3.8) is 0 Å². The summed E-state index contributed by atoms with van der Waals surface area (Å²) < 4.78 is 7.85. The maximum atomic E-state index is 6.08. The van der Waals surface area contributed by atoms with E-state index in [4.69, 9.17) is 19.7 Å². The van der Waals surface area contributed by atoms with E-state index >= 15 is 0 Å². The van der Waals surface area contributed by atoms with Crippen molar-refractivity contribution < 1.29 is 4.74 Å². The number of fused-ring (bicyclic) bond motifs is 1. The molecule has 3 aromatic rings. The van der Waals surface area contributed by atoms with Gasteiger partial charge >= 0.3 is 0 Å². The molecule has 2 fully saturated rings. The van der Waals surface area contributed by atoms with E-state index in [1.807, 2.05) is 67.1 Å². The molecule has 2 saturated heterocycles. The molecule has 0 bridgehead atoms. The molecule has 1 unspecified atom stereocenters. The summed E-state index contributed by atoms with van der Waals surface area (Å²) in [5, 5.41) is 12.0. The Labute approximate surface area is 258 Å². The zero-order valence-corrected chi connectivity index (χ0v) is 26.4. The van der Waals surface area contributed by atoms with E-state index in [9.17, 15) is 0 Å².